The molecule has 0 saturated carbocycles. The monoisotopic (exact) mass is 1540 g/mol. The number of carbonyl (C=O) groups excluding carboxylic acids is 5. The van der Waals surface area contributed by atoms with Gasteiger partial charge in [0, 0.05) is 170 Å². The van der Waals surface area contributed by atoms with Crippen molar-refractivity contribution in [1.82, 2.24) is 65.5 Å². The number of pyridine rings is 2. The van der Waals surface area contributed by atoms with Crippen LogP contribution in [-0.2, 0) is 72.2 Å². The summed E-state index contributed by atoms with van der Waals surface area (Å²) in [5.41, 5.74) is 22.3. The number of piperazine rings is 2. The fourth-order valence-electron chi connectivity index (χ4n) is 16.1. The number of alkyl carbamates (subject to hydrolysis) is 1. The third-order valence-electron chi connectivity index (χ3n) is 21.7. The summed E-state index contributed by atoms with van der Waals surface area (Å²) in [7, 11) is 3.19. The summed E-state index contributed by atoms with van der Waals surface area (Å²) in [5, 5.41) is 24.4. The first kappa shape index (κ1) is 81.1. The highest BCUT2D eigenvalue weighted by molar-refractivity contribution is 7.10. The number of thiazole rings is 2. The molecule has 0 unspecified atom stereocenters. The summed E-state index contributed by atoms with van der Waals surface area (Å²) in [6, 6.07) is 15.7. The SMILES string of the molecule is CCn1c(-c2cc(N3CCN(C)CC3)cnc2C(C)C)c2c3cc(ccc31)-c1csc(n1)C[C@H](C)C(=O)N1CCC[C@H](N1)C(=O)OCC(C)(C)C2.CCn1c(-c2cc(N3CCNCC3)cnc2C(C)C)c2c3cc(ccc31)-c1csc(n1)C[C@H](NC(=O)OC(C)(C)C)C(=O)N1CCC[C@H](N1)C(=O)OCC(C)(C)C2.CO. The molecule has 0 radical (unpaired) electrons. The molecule has 12 bridgehead atoms. The number of hydrogen-bond acceptors (Lipinski definition) is 21. The van der Waals surface area contributed by atoms with Gasteiger partial charge in [0.1, 0.15) is 23.7 Å². The van der Waals surface area contributed by atoms with Gasteiger partial charge < -0.3 is 53.8 Å². The van der Waals surface area contributed by atoms with E-state index in [1.54, 1.807) is 37.1 Å². The van der Waals surface area contributed by atoms with Crippen molar-refractivity contribution >= 4 is 85.7 Å². The number of aromatic nitrogens is 6. The molecule has 6 aromatic heterocycles. The van der Waals surface area contributed by atoms with Gasteiger partial charge in [-0.15, -0.1) is 22.7 Å². The third kappa shape index (κ3) is 18.2. The zero-order valence-corrected chi connectivity index (χ0v) is 69.0. The highest BCUT2D eigenvalue weighted by Crippen LogP contribution is 2.46. The predicted octanol–water partition coefficient (Wildman–Crippen LogP) is 12.6. The highest BCUT2D eigenvalue weighted by atomic mass is 32.1. The van der Waals surface area contributed by atoms with E-state index in [-0.39, 0.29) is 60.6 Å². The Kier molecular flexibility index (Phi) is 25.3. The van der Waals surface area contributed by atoms with Crippen molar-refractivity contribution in [2.75, 3.05) is 103 Å². The number of aryl methyl sites for hydroxylation is 2. The van der Waals surface area contributed by atoms with Crippen LogP contribution in [0.3, 0.4) is 0 Å². The van der Waals surface area contributed by atoms with Gasteiger partial charge in [0.05, 0.1) is 81.2 Å². The van der Waals surface area contributed by atoms with Crippen LogP contribution in [-0.4, -0.2) is 195 Å². The van der Waals surface area contributed by atoms with Crippen molar-refractivity contribution in [3.8, 4) is 45.0 Å². The van der Waals surface area contributed by atoms with E-state index in [1.165, 1.54) is 49.6 Å². The van der Waals surface area contributed by atoms with Crippen LogP contribution in [0.25, 0.3) is 66.8 Å². The van der Waals surface area contributed by atoms with E-state index < -0.39 is 41.2 Å². The summed E-state index contributed by atoms with van der Waals surface area (Å²) in [6.07, 6.45) is 7.94. The first-order valence-electron chi connectivity index (χ1n) is 39.5. The van der Waals surface area contributed by atoms with Crippen LogP contribution in [0.5, 0.6) is 0 Å². The molecule has 14 rings (SSSR count). The predicted molar refractivity (Wildman–Crippen MR) is 437 cm³/mol. The lowest BCUT2D eigenvalue weighted by Gasteiger charge is -2.35. The Morgan fingerprint density at radius 3 is 1.55 bits per heavy atom. The highest BCUT2D eigenvalue weighted by Gasteiger charge is 2.39. The van der Waals surface area contributed by atoms with Crippen LogP contribution in [0.15, 0.2) is 71.7 Å². The topological polar surface area (TPSA) is 259 Å². The van der Waals surface area contributed by atoms with Crippen LogP contribution in [0.4, 0.5) is 16.2 Å². The Morgan fingerprint density at radius 1 is 0.645 bits per heavy atom. The summed E-state index contributed by atoms with van der Waals surface area (Å²) in [4.78, 5) is 95.5. The Hall–Kier alpha value is -8.37. The van der Waals surface area contributed by atoms with Crippen LogP contribution < -0.4 is 31.3 Å². The number of hydrazine groups is 2. The molecule has 4 saturated heterocycles. The Bertz CT molecular complexity index is 4630. The number of ether oxygens (including phenoxy) is 3. The number of rotatable bonds is 9. The van der Waals surface area contributed by atoms with Crippen LogP contribution >= 0.6 is 22.7 Å². The molecule has 0 aliphatic carbocycles. The van der Waals surface area contributed by atoms with Gasteiger partial charge in [0.2, 0.25) is 5.91 Å². The van der Waals surface area contributed by atoms with E-state index in [4.69, 9.17) is 39.3 Å². The molecule has 592 valence electrons. The molecule has 110 heavy (non-hydrogen) atoms. The maximum absolute atomic E-state index is 14.1. The quantitative estimate of drug-likeness (QED) is 0.0664. The second-order valence-electron chi connectivity index (χ2n) is 33.5. The largest absolute Gasteiger partial charge is 0.464 e. The number of anilines is 2. The molecule has 4 fully saturated rings. The molecule has 3 amide bonds. The van der Waals surface area contributed by atoms with Crippen molar-refractivity contribution in [3.05, 3.63) is 104 Å². The number of likely N-dealkylation sites (N-methyl/N-ethyl adjacent to an activating group) is 1. The molecule has 4 atom stereocenters. The maximum Gasteiger partial charge on any atom is 0.408 e. The van der Waals surface area contributed by atoms with Crippen LogP contribution in [0.2, 0.25) is 0 Å². The van der Waals surface area contributed by atoms with Gasteiger partial charge in [-0.3, -0.25) is 39.2 Å². The third-order valence-corrected chi connectivity index (χ3v) is 23.4. The zero-order chi connectivity index (χ0) is 78.7. The maximum atomic E-state index is 14.1. The Labute approximate surface area is 656 Å². The van der Waals surface area contributed by atoms with Gasteiger partial charge >= 0.3 is 18.0 Å². The zero-order valence-electron chi connectivity index (χ0n) is 67.4. The number of aliphatic hydroxyl groups excluding tert-OH is 1. The van der Waals surface area contributed by atoms with Crippen LogP contribution in [0.1, 0.15) is 167 Å². The average molecular weight is 1540 g/mol. The second-order valence-corrected chi connectivity index (χ2v) is 35.4. The number of fused-ring (bicyclic) bond motifs is 12. The number of aliphatic hydroxyl groups is 1. The molecule has 6 aliphatic heterocycles. The molecule has 0 spiro atoms. The molecular formula is C84H115N15O9S2. The standard InChI is InChI=1S/C43H58N8O5S.C40H53N7O3S.CH4O/c1-9-50-35-13-12-27-19-29(35)31(38(50)30-20-28(23-45-37(30)26(2)3)49-17-14-44-15-18-49)22-43(7,8)25-55-40(53)32-11-10-16-51(48-32)39(52)33(21-36-46-34(27)24-57-36)47-41(54)56-42(4,5)6;1-8-46-34-12-11-27-19-29(34)31(37(46)30-20-28(22-41-36(30)25(2)3)45-16-14-44(7)15-17-45)21-40(5,6)24-50-39(49)32-10-9-13-47(43-32)38(48)26(4)18-35-42-33(27)23-51-35;1-2/h12-13,19-20,23-24,26,32-33,44,48H,9-11,14-18,21-22,25H2,1-8H3,(H,47,54);11-12,19-20,22-23,25-26,32,43H,8-10,13-18,21,24H2,1-7H3;2H,1H3/t32-,33-;26-,32-;/m00./s1. The molecule has 8 aromatic rings. The van der Waals surface area contributed by atoms with Crippen LogP contribution in [0, 0.1) is 16.7 Å². The summed E-state index contributed by atoms with van der Waals surface area (Å²) >= 11 is 3.06. The number of nitrogens with zero attached hydrogens (tertiary/aromatic N) is 11. The number of carbonyl (C=O) groups is 5. The minimum atomic E-state index is -0.977. The average Bonchev–Trinajstić information content (AvgIpc) is 1.59. The van der Waals surface area contributed by atoms with E-state index in [0.29, 0.717) is 56.6 Å². The number of esters is 2. The van der Waals surface area contributed by atoms with E-state index >= 15 is 0 Å². The minimum absolute atomic E-state index is 0.0165. The molecule has 26 heteroatoms. The van der Waals surface area contributed by atoms with Gasteiger partial charge in [-0.1, -0.05) is 74.4 Å². The summed E-state index contributed by atoms with van der Waals surface area (Å²) in [6.45, 7) is 39.8. The summed E-state index contributed by atoms with van der Waals surface area (Å²) in [5.74, 6) is -0.951. The number of amides is 3. The lowest BCUT2D eigenvalue weighted by atomic mass is 9.84. The number of hydrogen-bond donors (Lipinski definition) is 5. The molecule has 24 nitrogen and oxygen atoms in total. The Morgan fingerprint density at radius 2 is 1.10 bits per heavy atom. The number of benzene rings is 2. The normalized spacial score (nSPS) is 21.0. The molecule has 5 N–H and O–H groups in total. The first-order valence-corrected chi connectivity index (χ1v) is 41.3. The van der Waals surface area contributed by atoms with Gasteiger partial charge in [-0.05, 0) is 140 Å². The van der Waals surface area contributed by atoms with E-state index in [0.717, 1.165) is 151 Å². The number of nitrogens with one attached hydrogen (secondary N) is 4. The lowest BCUT2D eigenvalue weighted by molar-refractivity contribution is -0.156. The Balaban J connectivity index is 0.000000201. The fraction of sp³-hybridized carbons (Fsp3) is 0.560. The van der Waals surface area contributed by atoms with E-state index in [9.17, 15) is 24.0 Å². The minimum Gasteiger partial charge on any atom is -0.464 e. The first-order chi connectivity index (χ1) is 52.5. The van der Waals surface area contributed by atoms with Crippen molar-refractivity contribution in [3.63, 3.8) is 0 Å². The van der Waals surface area contributed by atoms with Gasteiger partial charge in [-0.25, -0.2) is 25.6 Å². The van der Waals surface area contributed by atoms with Crippen molar-refractivity contribution in [1.29, 1.82) is 0 Å². The molecule has 2 aromatic carbocycles. The smallest absolute Gasteiger partial charge is 0.408 e. The van der Waals surface area contributed by atoms with E-state index in [1.807, 2.05) is 18.5 Å². The van der Waals surface area contributed by atoms with Gasteiger partial charge in [0.25, 0.3) is 5.91 Å². The molecule has 6 aliphatic rings. The van der Waals surface area contributed by atoms with Crippen molar-refractivity contribution in [2.45, 2.75) is 197 Å². The van der Waals surface area contributed by atoms with E-state index in [2.05, 4.69) is 182 Å². The number of cyclic esters (lactones) is 2. The lowest BCUT2D eigenvalue weighted by Crippen LogP contribution is -2.60. The summed E-state index contributed by atoms with van der Waals surface area (Å²) < 4.78 is 22.6. The second kappa shape index (κ2) is 34.3. The van der Waals surface area contributed by atoms with Gasteiger partial charge in [0.15, 0.2) is 0 Å². The van der Waals surface area contributed by atoms with Crippen molar-refractivity contribution in [2.24, 2.45) is 16.7 Å². The van der Waals surface area contributed by atoms with Crippen molar-refractivity contribution < 1.29 is 43.3 Å². The molecular weight excluding hydrogens is 1430 g/mol. The fourth-order valence-corrected chi connectivity index (χ4v) is 17.9. The van der Waals surface area contributed by atoms with Gasteiger partial charge in [-0.2, -0.15) is 0 Å². The molecule has 12 heterocycles.